The van der Waals surface area contributed by atoms with E-state index in [0.717, 1.165) is 5.56 Å². The first-order chi connectivity index (χ1) is 13.7. The van der Waals surface area contributed by atoms with E-state index in [2.05, 4.69) is 11.9 Å². The van der Waals surface area contributed by atoms with Crippen LogP contribution in [0.25, 0.3) is 0 Å². The van der Waals surface area contributed by atoms with Gasteiger partial charge in [0.15, 0.2) is 0 Å². The van der Waals surface area contributed by atoms with Gasteiger partial charge in [-0.25, -0.2) is 4.79 Å². The maximum atomic E-state index is 13.3. The average molecular weight is 417 g/mol. The third-order valence-electron chi connectivity index (χ3n) is 5.28. The maximum Gasteiger partial charge on any atom is 0.322 e. The molecule has 0 saturated carbocycles. The summed E-state index contributed by atoms with van der Waals surface area (Å²) in [4.78, 5) is 43.1. The van der Waals surface area contributed by atoms with E-state index in [9.17, 15) is 14.4 Å². The molecule has 1 atom stereocenters. The van der Waals surface area contributed by atoms with Crippen LogP contribution in [0, 0.1) is 0 Å². The molecule has 29 heavy (non-hydrogen) atoms. The van der Waals surface area contributed by atoms with Crippen molar-refractivity contribution in [3.05, 3.63) is 58.8 Å². The number of benzene rings is 1. The topological polar surface area (TPSA) is 73.0 Å². The van der Waals surface area contributed by atoms with Crippen LogP contribution in [0.2, 0.25) is 5.02 Å². The second-order valence-electron chi connectivity index (χ2n) is 7.46. The Morgan fingerprint density at radius 3 is 2.76 bits per heavy atom. The molecule has 154 valence electrons. The van der Waals surface area contributed by atoms with E-state index in [0.29, 0.717) is 16.3 Å². The number of hydrogen-bond acceptors (Lipinski definition) is 3. The first-order valence-electron chi connectivity index (χ1n) is 9.47. The molecule has 1 aromatic rings. The minimum absolute atomic E-state index is 0.0301. The summed E-state index contributed by atoms with van der Waals surface area (Å²) in [6, 6.07) is 6.16. The molecule has 0 spiro atoms. The molecule has 0 aromatic heterocycles. The molecular weight excluding hydrogens is 392 g/mol. The molecule has 2 aliphatic rings. The number of nitrogens with zero attached hydrogens (tertiary/aromatic N) is 3. The van der Waals surface area contributed by atoms with Crippen molar-refractivity contribution in [3.63, 3.8) is 0 Å². The van der Waals surface area contributed by atoms with Crippen molar-refractivity contribution in [2.45, 2.75) is 25.9 Å². The largest absolute Gasteiger partial charge is 0.342 e. The number of rotatable bonds is 6. The van der Waals surface area contributed by atoms with Gasteiger partial charge in [0.2, 0.25) is 5.91 Å². The van der Waals surface area contributed by atoms with Gasteiger partial charge in [-0.05, 0) is 31.5 Å². The van der Waals surface area contributed by atoms with Gasteiger partial charge in [0, 0.05) is 24.7 Å². The van der Waals surface area contributed by atoms with Gasteiger partial charge in [-0.15, -0.1) is 6.58 Å². The van der Waals surface area contributed by atoms with Crippen LogP contribution in [-0.2, 0) is 9.59 Å². The number of urea groups is 1. The maximum absolute atomic E-state index is 13.3. The number of hydrogen-bond donors (Lipinski definition) is 1. The quantitative estimate of drug-likeness (QED) is 0.724. The molecule has 1 aromatic carbocycles. The Morgan fingerprint density at radius 2 is 2.14 bits per heavy atom. The lowest BCUT2D eigenvalue weighted by molar-refractivity contribution is -0.137. The van der Waals surface area contributed by atoms with Crippen molar-refractivity contribution in [2.75, 3.05) is 26.7 Å². The number of nitrogens with one attached hydrogen (secondary N) is 1. The molecule has 2 aliphatic heterocycles. The highest BCUT2D eigenvalue weighted by atomic mass is 35.5. The average Bonchev–Trinajstić information content (AvgIpc) is 2.99. The predicted octanol–water partition coefficient (Wildman–Crippen LogP) is 2.56. The second kappa shape index (κ2) is 8.29. The zero-order valence-electron chi connectivity index (χ0n) is 16.8. The first kappa shape index (κ1) is 20.9. The third kappa shape index (κ3) is 4.00. The van der Waals surface area contributed by atoms with Crippen LogP contribution in [0.4, 0.5) is 4.79 Å². The second-order valence-corrected chi connectivity index (χ2v) is 7.89. The normalized spacial score (nSPS) is 18.9. The standard InChI is InChI=1S/C21H25ClN4O3/c1-5-9-26-16-11-25(12-17(27)24(4)13(2)3)20(28)18(16)19(23-21(26)29)14-7-6-8-15(22)10-14/h5-8,10,13,19H,1,9,11-12H2,2-4H3,(H,23,29)/t19-/m0/s1. The van der Waals surface area contributed by atoms with Gasteiger partial charge in [-0.3, -0.25) is 14.5 Å². The number of likely N-dealkylation sites (N-methyl/N-ethyl adjacent to an activating group) is 1. The molecule has 8 heteroatoms. The summed E-state index contributed by atoms with van der Waals surface area (Å²) in [6.45, 7) is 7.95. The number of amides is 4. The van der Waals surface area contributed by atoms with Gasteiger partial charge >= 0.3 is 6.03 Å². The first-order valence-corrected chi connectivity index (χ1v) is 9.84. The lowest BCUT2D eigenvalue weighted by Gasteiger charge is -2.33. The lowest BCUT2D eigenvalue weighted by Crippen LogP contribution is -2.47. The van der Waals surface area contributed by atoms with Gasteiger partial charge in [0.1, 0.15) is 6.54 Å². The van der Waals surface area contributed by atoms with E-state index in [1.807, 2.05) is 19.9 Å². The Bertz CT molecular complexity index is 896. The summed E-state index contributed by atoms with van der Waals surface area (Å²) in [7, 11) is 1.71. The van der Waals surface area contributed by atoms with Gasteiger partial charge in [-0.2, -0.15) is 0 Å². The lowest BCUT2D eigenvalue weighted by atomic mass is 9.95. The molecule has 0 unspecified atom stereocenters. The van der Waals surface area contributed by atoms with E-state index in [4.69, 9.17) is 11.6 Å². The SMILES string of the molecule is C=CCN1C(=O)N[C@@H](c2cccc(Cl)c2)C2=C1CN(CC(=O)N(C)C(C)C)C2=O. The molecule has 0 bridgehead atoms. The summed E-state index contributed by atoms with van der Waals surface area (Å²) < 4.78 is 0. The number of halogens is 1. The zero-order chi connectivity index (χ0) is 21.3. The van der Waals surface area contributed by atoms with E-state index in [1.165, 1.54) is 9.80 Å². The Hall–Kier alpha value is -2.80. The fourth-order valence-corrected chi connectivity index (χ4v) is 3.70. The molecule has 4 amide bonds. The van der Waals surface area contributed by atoms with Crippen LogP contribution in [0.5, 0.6) is 0 Å². The van der Waals surface area contributed by atoms with E-state index < -0.39 is 6.04 Å². The Balaban J connectivity index is 1.95. The summed E-state index contributed by atoms with van der Waals surface area (Å²) in [5, 5.41) is 3.41. The van der Waals surface area contributed by atoms with E-state index in [1.54, 1.807) is 36.2 Å². The monoisotopic (exact) mass is 416 g/mol. The molecule has 0 radical (unpaired) electrons. The third-order valence-corrected chi connectivity index (χ3v) is 5.52. The summed E-state index contributed by atoms with van der Waals surface area (Å²) in [6.07, 6.45) is 1.61. The number of carbonyl (C=O) groups excluding carboxylic acids is 3. The number of carbonyl (C=O) groups is 3. The van der Waals surface area contributed by atoms with Crippen molar-refractivity contribution in [1.29, 1.82) is 0 Å². The van der Waals surface area contributed by atoms with Gasteiger partial charge < -0.3 is 15.1 Å². The van der Waals surface area contributed by atoms with E-state index in [-0.39, 0.29) is 43.5 Å². The van der Waals surface area contributed by atoms with Crippen molar-refractivity contribution in [2.24, 2.45) is 0 Å². The summed E-state index contributed by atoms with van der Waals surface area (Å²) >= 11 is 6.12. The summed E-state index contributed by atoms with van der Waals surface area (Å²) in [5.41, 5.74) is 1.79. The van der Waals surface area contributed by atoms with Crippen LogP contribution in [0.1, 0.15) is 25.5 Å². The molecule has 7 nitrogen and oxygen atoms in total. The molecule has 1 N–H and O–H groups in total. The zero-order valence-corrected chi connectivity index (χ0v) is 17.6. The van der Waals surface area contributed by atoms with E-state index >= 15 is 0 Å². The van der Waals surface area contributed by atoms with Gasteiger partial charge in [0.25, 0.3) is 5.91 Å². The van der Waals surface area contributed by atoms with Crippen LogP contribution in [0.3, 0.4) is 0 Å². The Morgan fingerprint density at radius 1 is 1.41 bits per heavy atom. The molecule has 0 fully saturated rings. The molecular formula is C21H25ClN4O3. The molecule has 3 rings (SSSR count). The van der Waals surface area contributed by atoms with Crippen LogP contribution >= 0.6 is 11.6 Å². The van der Waals surface area contributed by atoms with Crippen molar-refractivity contribution in [3.8, 4) is 0 Å². The highest BCUT2D eigenvalue weighted by Crippen LogP contribution is 2.36. The van der Waals surface area contributed by atoms with Gasteiger partial charge in [0.05, 0.1) is 23.9 Å². The molecule has 0 saturated heterocycles. The highest BCUT2D eigenvalue weighted by Gasteiger charge is 2.44. The highest BCUT2D eigenvalue weighted by molar-refractivity contribution is 6.30. The van der Waals surface area contributed by atoms with Crippen molar-refractivity contribution >= 4 is 29.4 Å². The van der Waals surface area contributed by atoms with Crippen LogP contribution < -0.4 is 5.32 Å². The smallest absolute Gasteiger partial charge is 0.322 e. The molecule has 2 heterocycles. The minimum Gasteiger partial charge on any atom is -0.342 e. The minimum atomic E-state index is -0.618. The predicted molar refractivity (Wildman–Crippen MR) is 111 cm³/mol. The fourth-order valence-electron chi connectivity index (χ4n) is 3.50. The molecule has 0 aliphatic carbocycles. The van der Waals surface area contributed by atoms with Crippen molar-refractivity contribution < 1.29 is 14.4 Å². The fraction of sp³-hybridized carbons (Fsp3) is 0.381. The van der Waals surface area contributed by atoms with Gasteiger partial charge in [-0.1, -0.05) is 29.8 Å². The summed E-state index contributed by atoms with van der Waals surface area (Å²) in [5.74, 6) is -0.411. The Labute approximate surface area is 175 Å². The van der Waals surface area contributed by atoms with Crippen LogP contribution in [0.15, 0.2) is 48.2 Å². The van der Waals surface area contributed by atoms with Crippen LogP contribution in [-0.4, -0.2) is 65.3 Å². The Kier molecular flexibility index (Phi) is 5.98. The van der Waals surface area contributed by atoms with Crippen molar-refractivity contribution in [1.82, 2.24) is 20.0 Å².